The first-order valence-corrected chi connectivity index (χ1v) is 8.41. The van der Waals surface area contributed by atoms with E-state index in [9.17, 15) is 0 Å². The molecule has 20 heavy (non-hydrogen) atoms. The lowest BCUT2D eigenvalue weighted by molar-refractivity contribution is 0.407. The molecule has 2 aromatic rings. The maximum atomic E-state index is 5.46. The molecule has 2 nitrogen and oxygen atoms in total. The molecule has 0 atom stereocenters. The van der Waals surface area contributed by atoms with Crippen molar-refractivity contribution in [1.82, 2.24) is 0 Å². The van der Waals surface area contributed by atoms with Crippen LogP contribution in [0.3, 0.4) is 0 Å². The van der Waals surface area contributed by atoms with Gasteiger partial charge < -0.3 is 10.1 Å². The van der Waals surface area contributed by atoms with Crippen molar-refractivity contribution in [2.45, 2.75) is 13.5 Å². The van der Waals surface area contributed by atoms with Gasteiger partial charge in [0.1, 0.15) is 5.75 Å². The summed E-state index contributed by atoms with van der Waals surface area (Å²) in [7, 11) is 1.68. The minimum atomic E-state index is 0.693. The van der Waals surface area contributed by atoms with Gasteiger partial charge in [-0.25, -0.2) is 0 Å². The van der Waals surface area contributed by atoms with Crippen molar-refractivity contribution in [3.05, 3.63) is 54.9 Å². The lowest BCUT2D eigenvalue weighted by Gasteiger charge is -2.14. The number of ether oxygens (including phenoxy) is 1. The van der Waals surface area contributed by atoms with Crippen LogP contribution in [0.25, 0.3) is 0 Å². The summed E-state index contributed by atoms with van der Waals surface area (Å²) in [5, 5.41) is 3.45. The molecule has 0 aromatic heterocycles. The van der Waals surface area contributed by atoms with Crippen LogP contribution in [0, 0.1) is 6.92 Å². The maximum Gasteiger partial charge on any atom is 0.138 e. The molecule has 0 saturated carbocycles. The third-order valence-electron chi connectivity index (χ3n) is 2.96. The molecule has 106 valence electrons. The van der Waals surface area contributed by atoms with Crippen LogP contribution in [0.2, 0.25) is 0 Å². The van der Waals surface area contributed by atoms with E-state index in [1.54, 1.807) is 7.11 Å². The van der Waals surface area contributed by atoms with Crippen molar-refractivity contribution < 1.29 is 4.74 Å². The fourth-order valence-electron chi connectivity index (χ4n) is 1.95. The highest BCUT2D eigenvalue weighted by molar-refractivity contribution is 9.11. The highest BCUT2D eigenvalue weighted by atomic mass is 79.9. The van der Waals surface area contributed by atoms with Gasteiger partial charge in [-0.15, -0.1) is 0 Å². The van der Waals surface area contributed by atoms with Crippen LogP contribution >= 0.6 is 47.8 Å². The van der Waals surface area contributed by atoms with E-state index < -0.39 is 0 Å². The topological polar surface area (TPSA) is 21.3 Å². The minimum absolute atomic E-state index is 0.693. The zero-order valence-electron chi connectivity index (χ0n) is 11.1. The molecule has 0 bridgehead atoms. The third-order valence-corrected chi connectivity index (χ3v) is 4.50. The van der Waals surface area contributed by atoms with Crippen molar-refractivity contribution in [2.24, 2.45) is 0 Å². The molecule has 2 rings (SSSR count). The summed E-state index contributed by atoms with van der Waals surface area (Å²) >= 11 is 10.5. The van der Waals surface area contributed by atoms with Crippen LogP contribution in [0.4, 0.5) is 5.69 Å². The summed E-state index contributed by atoms with van der Waals surface area (Å²) in [5.41, 5.74) is 3.41. The summed E-state index contributed by atoms with van der Waals surface area (Å²) in [6.07, 6.45) is 0. The van der Waals surface area contributed by atoms with Crippen LogP contribution in [0.5, 0.6) is 5.75 Å². The summed E-state index contributed by atoms with van der Waals surface area (Å²) in [6.45, 7) is 2.78. The molecule has 0 fully saturated rings. The molecular weight excluding hydrogens is 450 g/mol. The van der Waals surface area contributed by atoms with Gasteiger partial charge in [0.15, 0.2) is 0 Å². The molecule has 0 amide bonds. The van der Waals surface area contributed by atoms with Crippen LogP contribution < -0.4 is 10.1 Å². The molecule has 5 heteroatoms. The van der Waals surface area contributed by atoms with E-state index in [0.29, 0.717) is 6.54 Å². The maximum absolute atomic E-state index is 5.46. The van der Waals surface area contributed by atoms with E-state index in [4.69, 9.17) is 4.74 Å². The fraction of sp³-hybridized carbons (Fsp3) is 0.200. The van der Waals surface area contributed by atoms with Crippen molar-refractivity contribution >= 4 is 53.5 Å². The zero-order chi connectivity index (χ0) is 14.7. The van der Waals surface area contributed by atoms with Crippen LogP contribution in [-0.2, 0) is 6.54 Å². The van der Waals surface area contributed by atoms with Gasteiger partial charge in [-0.2, -0.15) is 0 Å². The number of anilines is 1. The number of nitrogens with one attached hydrogen (secondary N) is 1. The van der Waals surface area contributed by atoms with Gasteiger partial charge >= 0.3 is 0 Å². The quantitative estimate of drug-likeness (QED) is 0.609. The van der Waals surface area contributed by atoms with Gasteiger partial charge in [0, 0.05) is 26.7 Å². The average molecular weight is 464 g/mol. The van der Waals surface area contributed by atoms with Gasteiger partial charge in [-0.3, -0.25) is 0 Å². The SMILES string of the molecule is COc1c(Br)cc(Br)cc1CNc1cc(Br)ccc1C. The standard InChI is InChI=1S/C15H14Br3NO/c1-9-3-4-11(16)7-14(9)19-8-10-5-12(17)6-13(18)15(10)20-2/h3-7,19H,8H2,1-2H3. The van der Waals surface area contributed by atoms with E-state index in [2.05, 4.69) is 78.2 Å². The Kier molecular flexibility index (Phi) is 5.52. The monoisotopic (exact) mass is 461 g/mol. The second-order valence-corrected chi connectivity index (χ2v) is 7.08. The molecule has 0 spiro atoms. The highest BCUT2D eigenvalue weighted by Crippen LogP contribution is 2.33. The van der Waals surface area contributed by atoms with Crippen LogP contribution in [0.15, 0.2) is 43.7 Å². The van der Waals surface area contributed by atoms with Gasteiger partial charge in [0.05, 0.1) is 11.6 Å². The Hall–Kier alpha value is -0.520. The number of benzene rings is 2. The number of halogens is 3. The molecule has 0 heterocycles. The first kappa shape index (κ1) is 15.9. The van der Waals surface area contributed by atoms with Gasteiger partial charge in [-0.05, 0) is 52.7 Å². The van der Waals surface area contributed by atoms with Gasteiger partial charge in [-0.1, -0.05) is 37.9 Å². The Morgan fingerprint density at radius 1 is 1.05 bits per heavy atom. The summed E-state index contributed by atoms with van der Waals surface area (Å²) in [4.78, 5) is 0. The van der Waals surface area contributed by atoms with Crippen molar-refractivity contribution in [3.63, 3.8) is 0 Å². The molecule has 0 saturated heterocycles. The summed E-state index contributed by atoms with van der Waals surface area (Å²) in [5.74, 6) is 0.855. The van der Waals surface area contributed by atoms with Crippen molar-refractivity contribution in [2.75, 3.05) is 12.4 Å². The molecule has 0 radical (unpaired) electrons. The Morgan fingerprint density at radius 2 is 1.80 bits per heavy atom. The molecule has 0 aliphatic rings. The third kappa shape index (κ3) is 3.77. The normalized spacial score (nSPS) is 10.4. The van der Waals surface area contributed by atoms with E-state index in [1.165, 1.54) is 5.56 Å². The molecule has 0 unspecified atom stereocenters. The number of methoxy groups -OCH3 is 1. The number of hydrogen-bond donors (Lipinski definition) is 1. The lowest BCUT2D eigenvalue weighted by Crippen LogP contribution is -2.03. The number of rotatable bonds is 4. The molecule has 0 aliphatic carbocycles. The second-order valence-electron chi connectivity index (χ2n) is 4.39. The van der Waals surface area contributed by atoms with E-state index in [1.807, 2.05) is 12.1 Å². The highest BCUT2D eigenvalue weighted by Gasteiger charge is 2.09. The molecular formula is C15H14Br3NO. The van der Waals surface area contributed by atoms with Gasteiger partial charge in [0.25, 0.3) is 0 Å². The van der Waals surface area contributed by atoms with E-state index in [-0.39, 0.29) is 0 Å². The van der Waals surface area contributed by atoms with E-state index in [0.717, 1.165) is 30.4 Å². The van der Waals surface area contributed by atoms with Gasteiger partial charge in [0.2, 0.25) is 0 Å². The summed E-state index contributed by atoms with van der Waals surface area (Å²) in [6, 6.07) is 10.2. The summed E-state index contributed by atoms with van der Waals surface area (Å²) < 4.78 is 8.48. The van der Waals surface area contributed by atoms with E-state index >= 15 is 0 Å². The Labute approximate surface area is 144 Å². The average Bonchev–Trinajstić information content (AvgIpc) is 2.39. The number of aryl methyl sites for hydroxylation is 1. The Morgan fingerprint density at radius 3 is 2.50 bits per heavy atom. The fourth-order valence-corrected chi connectivity index (χ4v) is 3.79. The minimum Gasteiger partial charge on any atom is -0.495 e. The molecule has 1 N–H and O–H groups in total. The van der Waals surface area contributed by atoms with Crippen LogP contribution in [-0.4, -0.2) is 7.11 Å². The molecule has 2 aromatic carbocycles. The Bertz CT molecular complexity index is 629. The molecule has 0 aliphatic heterocycles. The predicted octanol–water partition coefficient (Wildman–Crippen LogP) is 5.90. The largest absolute Gasteiger partial charge is 0.495 e. The lowest BCUT2D eigenvalue weighted by atomic mass is 10.1. The van der Waals surface area contributed by atoms with Crippen molar-refractivity contribution in [1.29, 1.82) is 0 Å². The Balaban J connectivity index is 2.24. The smallest absolute Gasteiger partial charge is 0.138 e. The van der Waals surface area contributed by atoms with Crippen molar-refractivity contribution in [3.8, 4) is 5.75 Å². The van der Waals surface area contributed by atoms with Crippen LogP contribution in [0.1, 0.15) is 11.1 Å². The second kappa shape index (κ2) is 6.96. The zero-order valence-corrected chi connectivity index (χ0v) is 15.9. The number of hydrogen-bond acceptors (Lipinski definition) is 2. The first-order chi connectivity index (χ1) is 9.51. The first-order valence-electron chi connectivity index (χ1n) is 6.03. The predicted molar refractivity (Wildman–Crippen MR) is 94.6 cm³/mol.